The lowest BCUT2D eigenvalue weighted by Gasteiger charge is -2.22. The van der Waals surface area contributed by atoms with E-state index >= 15 is 0 Å². The first-order valence-corrected chi connectivity index (χ1v) is 11.5. The predicted molar refractivity (Wildman–Crippen MR) is 130 cm³/mol. The summed E-state index contributed by atoms with van der Waals surface area (Å²) >= 11 is 3.41. The van der Waals surface area contributed by atoms with Crippen LogP contribution in [0, 0.1) is 0 Å². The Morgan fingerprint density at radius 2 is 1.85 bits per heavy atom. The molecule has 1 aromatic heterocycles. The third-order valence-corrected chi connectivity index (χ3v) is 4.93. The summed E-state index contributed by atoms with van der Waals surface area (Å²) in [7, 11) is 0. The normalized spacial score (nSPS) is 12.0. The van der Waals surface area contributed by atoms with Crippen molar-refractivity contribution in [2.45, 2.75) is 45.9 Å². The summed E-state index contributed by atoms with van der Waals surface area (Å²) < 4.78 is 12.9. The van der Waals surface area contributed by atoms with Crippen LogP contribution in [-0.4, -0.2) is 44.5 Å². The molecule has 2 N–H and O–H groups in total. The lowest BCUT2D eigenvalue weighted by atomic mass is 10.2. The van der Waals surface area contributed by atoms with E-state index in [2.05, 4.69) is 42.1 Å². The average molecular weight is 531 g/mol. The summed E-state index contributed by atoms with van der Waals surface area (Å²) in [5.41, 5.74) is 1.16. The number of nitrogens with zero attached hydrogens (tertiary/aromatic N) is 4. The molecule has 0 radical (unpaired) electrons. The van der Waals surface area contributed by atoms with Crippen molar-refractivity contribution in [3.8, 4) is 0 Å². The first kappa shape index (κ1) is 25.2. The van der Waals surface area contributed by atoms with Crippen molar-refractivity contribution >= 4 is 39.4 Å². The number of rotatable bonds is 8. The number of benzene rings is 2. The zero-order valence-electron chi connectivity index (χ0n) is 19.4. The molecule has 3 rings (SSSR count). The topological polar surface area (TPSA) is 120 Å². The molecule has 1 unspecified atom stereocenters. The maximum atomic E-state index is 12.9. The van der Waals surface area contributed by atoms with Gasteiger partial charge in [0.15, 0.2) is 11.9 Å². The SMILES string of the molecule is CCOC(=O)C(Nc1ccc(Br)cc1NC(=O)OC(C)(C)C)c1nnnn1Cc1ccccc1. The number of hydrogen-bond donors (Lipinski definition) is 2. The molecule has 34 heavy (non-hydrogen) atoms. The van der Waals surface area contributed by atoms with Crippen molar-refractivity contribution in [3.05, 3.63) is 64.4 Å². The Morgan fingerprint density at radius 3 is 2.53 bits per heavy atom. The van der Waals surface area contributed by atoms with Crippen LogP contribution in [0.1, 0.15) is 45.1 Å². The van der Waals surface area contributed by atoms with E-state index in [-0.39, 0.29) is 12.4 Å². The van der Waals surface area contributed by atoms with Crippen LogP contribution in [-0.2, 0) is 20.8 Å². The number of carbonyl (C=O) groups excluding carboxylic acids is 2. The Labute approximate surface area is 206 Å². The summed E-state index contributed by atoms with van der Waals surface area (Å²) in [6.45, 7) is 7.59. The van der Waals surface area contributed by atoms with Crippen molar-refractivity contribution in [2.24, 2.45) is 0 Å². The maximum Gasteiger partial charge on any atom is 0.412 e. The number of esters is 1. The van der Waals surface area contributed by atoms with Crippen LogP contribution in [0.4, 0.5) is 16.2 Å². The highest BCUT2D eigenvalue weighted by Gasteiger charge is 2.29. The second-order valence-electron chi connectivity index (χ2n) is 8.33. The highest BCUT2D eigenvalue weighted by Crippen LogP contribution is 2.30. The largest absolute Gasteiger partial charge is 0.464 e. The van der Waals surface area contributed by atoms with E-state index in [1.165, 1.54) is 4.68 Å². The number of carbonyl (C=O) groups is 2. The van der Waals surface area contributed by atoms with Gasteiger partial charge in [0, 0.05) is 4.47 Å². The quantitative estimate of drug-likeness (QED) is 0.407. The lowest BCUT2D eigenvalue weighted by molar-refractivity contribution is -0.144. The van der Waals surface area contributed by atoms with Gasteiger partial charge >= 0.3 is 12.1 Å². The number of nitrogens with one attached hydrogen (secondary N) is 2. The van der Waals surface area contributed by atoms with Gasteiger partial charge in [-0.05, 0) is 61.9 Å². The van der Waals surface area contributed by atoms with Crippen LogP contribution in [0.3, 0.4) is 0 Å². The molecule has 3 aromatic rings. The molecular weight excluding hydrogens is 504 g/mol. The summed E-state index contributed by atoms with van der Waals surface area (Å²) in [5, 5.41) is 17.8. The van der Waals surface area contributed by atoms with Gasteiger partial charge in [0.1, 0.15) is 5.60 Å². The van der Waals surface area contributed by atoms with Gasteiger partial charge in [0.25, 0.3) is 0 Å². The van der Waals surface area contributed by atoms with Gasteiger partial charge in [0.2, 0.25) is 0 Å². The molecule has 0 spiro atoms. The Hall–Kier alpha value is -3.47. The summed E-state index contributed by atoms with van der Waals surface area (Å²) in [6.07, 6.45) is -0.629. The fraction of sp³-hybridized carbons (Fsp3) is 0.348. The van der Waals surface area contributed by atoms with E-state index in [1.54, 1.807) is 45.9 Å². The second kappa shape index (κ2) is 11.1. The van der Waals surface area contributed by atoms with Gasteiger partial charge in [-0.15, -0.1) is 5.10 Å². The number of ether oxygens (including phenoxy) is 2. The standard InChI is InChI=1S/C23H27BrN6O4/c1-5-33-21(31)19(20-27-28-29-30(20)14-15-9-7-6-8-10-15)25-17-12-11-16(24)13-18(17)26-22(32)34-23(2,3)4/h6-13,19,25H,5,14H2,1-4H3,(H,26,32). The van der Waals surface area contributed by atoms with Crippen LogP contribution in [0.2, 0.25) is 0 Å². The molecule has 180 valence electrons. The molecule has 1 atom stereocenters. The Balaban J connectivity index is 1.92. The number of aromatic nitrogens is 4. The fourth-order valence-electron chi connectivity index (χ4n) is 3.06. The molecule has 2 aromatic carbocycles. The molecular formula is C23H27BrN6O4. The molecule has 0 bridgehead atoms. The Morgan fingerprint density at radius 1 is 1.12 bits per heavy atom. The van der Waals surface area contributed by atoms with E-state index < -0.39 is 23.7 Å². The van der Waals surface area contributed by atoms with Gasteiger partial charge in [-0.2, -0.15) is 0 Å². The smallest absolute Gasteiger partial charge is 0.412 e. The minimum absolute atomic E-state index is 0.181. The van der Waals surface area contributed by atoms with Crippen LogP contribution >= 0.6 is 15.9 Å². The first-order chi connectivity index (χ1) is 16.2. The lowest BCUT2D eigenvalue weighted by Crippen LogP contribution is -2.29. The average Bonchev–Trinajstić information content (AvgIpc) is 3.20. The molecule has 1 amide bonds. The highest BCUT2D eigenvalue weighted by molar-refractivity contribution is 9.10. The van der Waals surface area contributed by atoms with E-state index in [9.17, 15) is 9.59 Å². The van der Waals surface area contributed by atoms with Gasteiger partial charge in [-0.25, -0.2) is 14.3 Å². The number of tetrazole rings is 1. The molecule has 10 nitrogen and oxygen atoms in total. The molecule has 0 aliphatic heterocycles. The Kier molecular flexibility index (Phi) is 8.21. The third kappa shape index (κ3) is 7.01. The van der Waals surface area contributed by atoms with Gasteiger partial charge in [-0.1, -0.05) is 46.3 Å². The van der Waals surface area contributed by atoms with E-state index in [1.807, 2.05) is 30.3 Å². The van der Waals surface area contributed by atoms with Crippen molar-refractivity contribution in [1.82, 2.24) is 20.2 Å². The van der Waals surface area contributed by atoms with Crippen LogP contribution < -0.4 is 10.6 Å². The molecule has 0 aliphatic carbocycles. The number of hydrogen-bond acceptors (Lipinski definition) is 8. The third-order valence-electron chi connectivity index (χ3n) is 4.43. The molecule has 0 aliphatic rings. The monoisotopic (exact) mass is 530 g/mol. The maximum absolute atomic E-state index is 12.9. The summed E-state index contributed by atoms with van der Waals surface area (Å²) in [6, 6.07) is 13.8. The summed E-state index contributed by atoms with van der Waals surface area (Å²) in [5.74, 6) is -0.286. The number of halogens is 1. The van der Waals surface area contributed by atoms with E-state index in [4.69, 9.17) is 9.47 Å². The molecule has 11 heteroatoms. The fourth-order valence-corrected chi connectivity index (χ4v) is 3.42. The van der Waals surface area contributed by atoms with Crippen molar-refractivity contribution in [3.63, 3.8) is 0 Å². The minimum Gasteiger partial charge on any atom is -0.464 e. The highest BCUT2D eigenvalue weighted by atomic mass is 79.9. The number of amides is 1. The van der Waals surface area contributed by atoms with Crippen molar-refractivity contribution in [1.29, 1.82) is 0 Å². The van der Waals surface area contributed by atoms with Crippen LogP contribution in [0.25, 0.3) is 0 Å². The molecule has 0 saturated heterocycles. The predicted octanol–water partition coefficient (Wildman–Crippen LogP) is 4.55. The zero-order valence-corrected chi connectivity index (χ0v) is 21.0. The Bertz CT molecular complexity index is 1130. The van der Waals surface area contributed by atoms with Gasteiger partial charge in [0.05, 0.1) is 24.5 Å². The number of anilines is 2. The van der Waals surface area contributed by atoms with Gasteiger partial charge in [-0.3, -0.25) is 5.32 Å². The second-order valence-corrected chi connectivity index (χ2v) is 9.24. The van der Waals surface area contributed by atoms with E-state index in [0.29, 0.717) is 17.9 Å². The van der Waals surface area contributed by atoms with Crippen LogP contribution in [0.5, 0.6) is 0 Å². The van der Waals surface area contributed by atoms with E-state index in [0.717, 1.165) is 10.0 Å². The van der Waals surface area contributed by atoms with Crippen molar-refractivity contribution < 1.29 is 19.1 Å². The van der Waals surface area contributed by atoms with Crippen molar-refractivity contribution in [2.75, 3.05) is 17.2 Å². The molecule has 1 heterocycles. The van der Waals surface area contributed by atoms with Gasteiger partial charge < -0.3 is 14.8 Å². The zero-order chi connectivity index (χ0) is 24.7. The summed E-state index contributed by atoms with van der Waals surface area (Å²) in [4.78, 5) is 25.3. The first-order valence-electron chi connectivity index (χ1n) is 10.7. The molecule has 0 saturated carbocycles. The van der Waals surface area contributed by atoms with Crippen LogP contribution in [0.15, 0.2) is 53.0 Å². The molecule has 0 fully saturated rings. The minimum atomic E-state index is -1.03.